The zero-order valence-electron chi connectivity index (χ0n) is 15.1. The topological polar surface area (TPSA) is 76.9 Å². The summed E-state index contributed by atoms with van der Waals surface area (Å²) < 4.78 is 28.9. The minimum Gasteiger partial charge on any atom is -0.223 e. The average molecular weight is 391 g/mol. The second kappa shape index (κ2) is 7.69. The van der Waals surface area contributed by atoms with Gasteiger partial charge in [-0.25, -0.2) is 22.8 Å². The summed E-state index contributed by atoms with van der Waals surface area (Å²) in [6, 6.07) is 9.54. The molecule has 0 saturated carbocycles. The third-order valence-corrected chi connectivity index (χ3v) is 6.09. The van der Waals surface area contributed by atoms with Crippen molar-refractivity contribution in [2.24, 2.45) is 0 Å². The number of aromatic nitrogens is 3. The summed E-state index contributed by atoms with van der Waals surface area (Å²) in [4.78, 5) is 4.55. The fraction of sp³-hybridized carbons (Fsp3) is 0.333. The van der Waals surface area contributed by atoms with E-state index in [0.29, 0.717) is 13.0 Å². The summed E-state index contributed by atoms with van der Waals surface area (Å²) in [6.45, 7) is 6.21. The van der Waals surface area contributed by atoms with Crippen molar-refractivity contribution in [1.82, 2.24) is 19.5 Å². The molecule has 6 nitrogen and oxygen atoms in total. The summed E-state index contributed by atoms with van der Waals surface area (Å²) in [5.74, 6) is -0.0112. The highest BCUT2D eigenvalue weighted by atomic mass is 32.2. The molecule has 0 aliphatic heterocycles. The van der Waals surface area contributed by atoms with E-state index in [4.69, 9.17) is 0 Å². The van der Waals surface area contributed by atoms with Gasteiger partial charge in [-0.2, -0.15) is 5.10 Å². The zero-order chi connectivity index (χ0) is 18.7. The van der Waals surface area contributed by atoms with Gasteiger partial charge in [-0.15, -0.1) is 11.3 Å². The van der Waals surface area contributed by atoms with Crippen molar-refractivity contribution in [2.75, 3.05) is 6.54 Å². The van der Waals surface area contributed by atoms with E-state index in [2.05, 4.69) is 14.8 Å². The van der Waals surface area contributed by atoms with Crippen molar-refractivity contribution in [3.05, 3.63) is 63.9 Å². The molecule has 0 unspecified atom stereocenters. The zero-order valence-corrected chi connectivity index (χ0v) is 16.7. The van der Waals surface area contributed by atoms with E-state index in [1.54, 1.807) is 0 Å². The van der Waals surface area contributed by atoms with Crippen LogP contribution in [0.1, 0.15) is 28.2 Å². The molecule has 0 amide bonds. The molecule has 0 atom stereocenters. The molecule has 1 N–H and O–H groups in total. The lowest BCUT2D eigenvalue weighted by molar-refractivity contribution is 0.580. The summed E-state index contributed by atoms with van der Waals surface area (Å²) in [6.07, 6.45) is 0.544. The fourth-order valence-electron chi connectivity index (χ4n) is 2.74. The number of rotatable bonds is 7. The lowest BCUT2D eigenvalue weighted by atomic mass is 10.2. The smallest absolute Gasteiger partial charge is 0.215 e. The molecule has 1 aromatic carbocycles. The van der Waals surface area contributed by atoms with Crippen molar-refractivity contribution in [3.8, 4) is 5.13 Å². The Morgan fingerprint density at radius 3 is 2.69 bits per heavy atom. The normalized spacial score (nSPS) is 11.8. The molecule has 0 aliphatic rings. The number of nitrogens with one attached hydrogen (secondary N) is 1. The number of thiazole rings is 1. The Morgan fingerprint density at radius 2 is 2.00 bits per heavy atom. The van der Waals surface area contributed by atoms with E-state index in [0.717, 1.165) is 33.3 Å². The Bertz CT molecular complexity index is 1010. The maximum Gasteiger partial charge on any atom is 0.215 e. The highest BCUT2D eigenvalue weighted by molar-refractivity contribution is 7.88. The number of hydrogen-bond acceptors (Lipinski definition) is 5. The molecule has 2 aromatic heterocycles. The number of hydrogen-bond donors (Lipinski definition) is 1. The lowest BCUT2D eigenvalue weighted by Crippen LogP contribution is -2.27. The maximum absolute atomic E-state index is 12.2. The standard InChI is InChI=1S/C18H22N4O2S2/c1-13-5-4-6-16(9-13)12-26(23,24)19-8-7-17-11-25-18(20-17)22-15(3)10-14(2)21-22/h4-6,9-11,19H,7-8,12H2,1-3H3. The average Bonchev–Trinajstić information content (AvgIpc) is 3.12. The van der Waals surface area contributed by atoms with Crippen LogP contribution in [0.2, 0.25) is 0 Å². The predicted octanol–water partition coefficient (Wildman–Crippen LogP) is 2.92. The highest BCUT2D eigenvalue weighted by Gasteiger charge is 2.13. The summed E-state index contributed by atoms with van der Waals surface area (Å²) >= 11 is 1.50. The van der Waals surface area contributed by atoms with Crippen LogP contribution < -0.4 is 4.72 Å². The van der Waals surface area contributed by atoms with Crippen molar-refractivity contribution >= 4 is 21.4 Å². The van der Waals surface area contributed by atoms with Gasteiger partial charge in [0.15, 0.2) is 0 Å². The van der Waals surface area contributed by atoms with Gasteiger partial charge < -0.3 is 0 Å². The van der Waals surface area contributed by atoms with Crippen LogP contribution in [0.25, 0.3) is 5.13 Å². The Balaban J connectivity index is 1.57. The van der Waals surface area contributed by atoms with Crippen molar-refractivity contribution in [3.63, 3.8) is 0 Å². The summed E-state index contributed by atoms with van der Waals surface area (Å²) in [5, 5.41) is 7.16. The molecule has 8 heteroatoms. The van der Waals surface area contributed by atoms with Crippen LogP contribution in [0.4, 0.5) is 0 Å². The minimum absolute atomic E-state index is 0.0112. The molecule has 0 saturated heterocycles. The monoisotopic (exact) mass is 390 g/mol. The largest absolute Gasteiger partial charge is 0.223 e. The third-order valence-electron chi connectivity index (χ3n) is 3.87. The predicted molar refractivity (Wildman–Crippen MR) is 104 cm³/mol. The van der Waals surface area contributed by atoms with Crippen molar-refractivity contribution < 1.29 is 8.42 Å². The van der Waals surface area contributed by atoms with Crippen LogP contribution >= 0.6 is 11.3 Å². The minimum atomic E-state index is -3.36. The molecule has 0 fully saturated rings. The van der Waals surface area contributed by atoms with Crippen molar-refractivity contribution in [2.45, 2.75) is 32.9 Å². The van der Waals surface area contributed by atoms with Gasteiger partial charge in [0.05, 0.1) is 17.1 Å². The van der Waals surface area contributed by atoms with E-state index in [-0.39, 0.29) is 5.75 Å². The maximum atomic E-state index is 12.2. The van der Waals surface area contributed by atoms with Crippen LogP contribution in [-0.2, 0) is 22.2 Å². The quantitative estimate of drug-likeness (QED) is 0.673. The molecule has 0 radical (unpaired) electrons. The first-order valence-electron chi connectivity index (χ1n) is 8.33. The van der Waals surface area contributed by atoms with Gasteiger partial charge in [0.2, 0.25) is 15.2 Å². The van der Waals surface area contributed by atoms with Gasteiger partial charge in [-0.05, 0) is 32.4 Å². The Morgan fingerprint density at radius 1 is 1.19 bits per heavy atom. The first-order valence-corrected chi connectivity index (χ1v) is 10.9. The molecule has 2 heterocycles. The van der Waals surface area contributed by atoms with Gasteiger partial charge in [0.25, 0.3) is 0 Å². The summed E-state index contributed by atoms with van der Waals surface area (Å²) in [7, 11) is -3.36. The van der Waals surface area contributed by atoms with E-state index in [1.807, 2.05) is 61.2 Å². The van der Waals surface area contributed by atoms with Gasteiger partial charge in [-0.3, -0.25) is 0 Å². The van der Waals surface area contributed by atoms with Gasteiger partial charge in [-0.1, -0.05) is 29.8 Å². The van der Waals surface area contributed by atoms with Crippen LogP contribution in [0.3, 0.4) is 0 Å². The van der Waals surface area contributed by atoms with Gasteiger partial charge >= 0.3 is 0 Å². The molecule has 0 aliphatic carbocycles. The van der Waals surface area contributed by atoms with Crippen LogP contribution in [0, 0.1) is 20.8 Å². The molecule has 0 spiro atoms. The Hall–Kier alpha value is -2.03. The second-order valence-corrected chi connectivity index (χ2v) is 9.00. The number of aryl methyl sites for hydroxylation is 3. The lowest BCUT2D eigenvalue weighted by Gasteiger charge is -2.06. The van der Waals surface area contributed by atoms with E-state index in [9.17, 15) is 8.42 Å². The molecule has 138 valence electrons. The van der Waals surface area contributed by atoms with Crippen LogP contribution in [0.5, 0.6) is 0 Å². The molecule has 26 heavy (non-hydrogen) atoms. The van der Waals surface area contributed by atoms with Gasteiger partial charge in [0, 0.05) is 24.0 Å². The number of sulfonamides is 1. The van der Waals surface area contributed by atoms with E-state index >= 15 is 0 Å². The van der Waals surface area contributed by atoms with Crippen molar-refractivity contribution in [1.29, 1.82) is 0 Å². The fourth-order valence-corrected chi connectivity index (χ4v) is 4.74. The molecule has 3 rings (SSSR count). The van der Waals surface area contributed by atoms with E-state index in [1.165, 1.54) is 11.3 Å². The van der Waals surface area contributed by atoms with Gasteiger partial charge in [0.1, 0.15) is 0 Å². The third kappa shape index (κ3) is 4.78. The first-order chi connectivity index (χ1) is 12.3. The summed E-state index contributed by atoms with van der Waals surface area (Å²) in [5.41, 5.74) is 4.68. The number of nitrogens with zero attached hydrogens (tertiary/aromatic N) is 3. The molecule has 0 bridgehead atoms. The molecular weight excluding hydrogens is 368 g/mol. The molecule has 3 aromatic rings. The van der Waals surface area contributed by atoms with E-state index < -0.39 is 10.0 Å². The van der Waals surface area contributed by atoms with Crippen LogP contribution in [0.15, 0.2) is 35.7 Å². The second-order valence-electron chi connectivity index (χ2n) is 6.35. The molecular formula is C18H22N4O2S2. The van der Waals surface area contributed by atoms with Crippen LogP contribution in [-0.4, -0.2) is 29.7 Å². The Kier molecular flexibility index (Phi) is 5.55. The SMILES string of the molecule is Cc1cccc(CS(=O)(=O)NCCc2csc(-n3nc(C)cc3C)n2)c1. The first kappa shape index (κ1) is 18.8. The number of benzene rings is 1. The highest BCUT2D eigenvalue weighted by Crippen LogP contribution is 2.17. The Labute approximate surface area is 158 Å².